The van der Waals surface area contributed by atoms with Crippen molar-refractivity contribution in [1.29, 1.82) is 0 Å². The van der Waals surface area contributed by atoms with Crippen LogP contribution in [0, 0.1) is 0 Å². The summed E-state index contributed by atoms with van der Waals surface area (Å²) in [5.41, 5.74) is 0.160. The summed E-state index contributed by atoms with van der Waals surface area (Å²) in [4.78, 5) is 11.0. The first-order valence-electron chi connectivity index (χ1n) is 6.90. The molecule has 9 nitrogen and oxygen atoms in total. The Balaban J connectivity index is 2.31. The summed E-state index contributed by atoms with van der Waals surface area (Å²) in [6.45, 7) is 1.26. The molecule has 0 aromatic heterocycles. The predicted octanol–water partition coefficient (Wildman–Crippen LogP) is -0.910. The average Bonchev–Trinajstić information content (AvgIpc) is 2.69. The van der Waals surface area contributed by atoms with Gasteiger partial charge in [0.25, 0.3) is 0 Å². The van der Waals surface area contributed by atoms with Crippen molar-refractivity contribution in [2.75, 3.05) is 23.9 Å². The van der Waals surface area contributed by atoms with E-state index in [0.717, 1.165) is 0 Å². The first-order chi connectivity index (χ1) is 11.0. The number of methoxy groups -OCH3 is 1. The molecule has 24 heavy (non-hydrogen) atoms. The van der Waals surface area contributed by atoms with Crippen LogP contribution in [-0.2, 0) is 24.7 Å². The molecule has 11 heteroatoms. The number of ether oxygens (including phenoxy) is 1. The van der Waals surface area contributed by atoms with Gasteiger partial charge in [-0.1, -0.05) is 0 Å². The summed E-state index contributed by atoms with van der Waals surface area (Å²) in [6, 6.07) is 2.69. The molecule has 3 N–H and O–H groups in total. The van der Waals surface area contributed by atoms with Crippen molar-refractivity contribution in [3.8, 4) is 5.75 Å². The van der Waals surface area contributed by atoms with Gasteiger partial charge in [0, 0.05) is 6.92 Å². The Labute approximate surface area is 140 Å². The minimum Gasteiger partial charge on any atom is -0.495 e. The average molecular weight is 378 g/mol. The molecular weight excluding hydrogens is 360 g/mol. The lowest BCUT2D eigenvalue weighted by Crippen LogP contribution is -2.42. The number of rotatable bonds is 5. The second kappa shape index (κ2) is 6.67. The van der Waals surface area contributed by atoms with E-state index in [4.69, 9.17) is 4.74 Å². The van der Waals surface area contributed by atoms with Crippen molar-refractivity contribution in [3.05, 3.63) is 18.2 Å². The summed E-state index contributed by atoms with van der Waals surface area (Å²) in [5.74, 6) is -1.09. The van der Waals surface area contributed by atoms with Gasteiger partial charge in [-0.05, 0) is 18.2 Å². The van der Waals surface area contributed by atoms with Gasteiger partial charge in [-0.3, -0.25) is 4.79 Å². The van der Waals surface area contributed by atoms with Crippen molar-refractivity contribution in [3.63, 3.8) is 0 Å². The van der Waals surface area contributed by atoms with E-state index in [1.807, 2.05) is 0 Å². The van der Waals surface area contributed by atoms with Crippen LogP contribution in [-0.4, -0.2) is 58.6 Å². The van der Waals surface area contributed by atoms with Crippen molar-refractivity contribution in [1.82, 2.24) is 4.72 Å². The van der Waals surface area contributed by atoms with Crippen LogP contribution < -0.4 is 14.8 Å². The number of carbonyl (C=O) groups excluding carboxylic acids is 1. The van der Waals surface area contributed by atoms with Crippen molar-refractivity contribution >= 4 is 31.5 Å². The summed E-state index contributed by atoms with van der Waals surface area (Å²) >= 11 is 0. The third-order valence-corrected chi connectivity index (χ3v) is 6.63. The monoisotopic (exact) mass is 378 g/mol. The smallest absolute Gasteiger partial charge is 0.241 e. The molecule has 2 rings (SSSR count). The Kier molecular flexibility index (Phi) is 5.18. The van der Waals surface area contributed by atoms with Gasteiger partial charge in [0.05, 0.1) is 41.3 Å². The normalized spacial score (nSPS) is 23.0. The van der Waals surface area contributed by atoms with E-state index in [1.54, 1.807) is 0 Å². The zero-order chi connectivity index (χ0) is 18.1. The molecule has 1 fully saturated rings. The number of hydrogen-bond acceptors (Lipinski definition) is 7. The molecule has 0 unspecified atom stereocenters. The maximum Gasteiger partial charge on any atom is 0.241 e. The molecule has 0 bridgehead atoms. The Hall–Kier alpha value is -1.69. The standard InChI is InChI=1S/C13H18N2O7S2/c1-8(16)14-10-5-9(3-4-13(10)22-2)24(20,21)15-11-6-23(18,19)7-12(11)17/h3-5,11-12,15,17H,6-7H2,1-2H3,(H,14,16)/t11-,12+/m1/s1. The van der Waals surface area contributed by atoms with Crippen molar-refractivity contribution < 1.29 is 31.5 Å². The van der Waals surface area contributed by atoms with Crippen LogP contribution in [0.4, 0.5) is 5.69 Å². The summed E-state index contributed by atoms with van der Waals surface area (Å²) < 4.78 is 55.0. The molecule has 1 aliphatic heterocycles. The molecule has 0 spiro atoms. The number of carbonyl (C=O) groups is 1. The van der Waals surface area contributed by atoms with Crippen LogP contribution in [0.1, 0.15) is 6.92 Å². The molecule has 1 aliphatic rings. The van der Waals surface area contributed by atoms with Crippen LogP contribution in [0.15, 0.2) is 23.1 Å². The number of amides is 1. The van der Waals surface area contributed by atoms with Crippen molar-refractivity contribution in [2.24, 2.45) is 0 Å². The van der Waals surface area contributed by atoms with Crippen LogP contribution in [0.3, 0.4) is 0 Å². The largest absolute Gasteiger partial charge is 0.495 e. The highest BCUT2D eigenvalue weighted by Crippen LogP contribution is 2.28. The van der Waals surface area contributed by atoms with E-state index < -0.39 is 49.4 Å². The minimum atomic E-state index is -4.09. The highest BCUT2D eigenvalue weighted by atomic mass is 32.2. The van der Waals surface area contributed by atoms with Gasteiger partial charge >= 0.3 is 0 Å². The molecule has 1 amide bonds. The molecule has 0 radical (unpaired) electrons. The first-order valence-corrected chi connectivity index (χ1v) is 10.2. The third-order valence-electron chi connectivity index (χ3n) is 3.42. The van der Waals surface area contributed by atoms with E-state index >= 15 is 0 Å². The zero-order valence-electron chi connectivity index (χ0n) is 13.0. The van der Waals surface area contributed by atoms with E-state index in [0.29, 0.717) is 0 Å². The lowest BCUT2D eigenvalue weighted by atomic mass is 10.2. The van der Waals surface area contributed by atoms with Gasteiger partial charge in [-0.25, -0.2) is 21.6 Å². The Morgan fingerprint density at radius 2 is 2.00 bits per heavy atom. The quantitative estimate of drug-likeness (QED) is 0.603. The van der Waals surface area contributed by atoms with E-state index in [2.05, 4.69) is 10.0 Å². The van der Waals surface area contributed by atoms with Gasteiger partial charge < -0.3 is 15.2 Å². The lowest BCUT2D eigenvalue weighted by molar-refractivity contribution is -0.114. The highest BCUT2D eigenvalue weighted by Gasteiger charge is 2.39. The zero-order valence-corrected chi connectivity index (χ0v) is 14.6. The summed E-state index contributed by atoms with van der Waals surface area (Å²) in [5, 5.41) is 12.2. The molecule has 1 heterocycles. The minimum absolute atomic E-state index is 0.160. The maximum absolute atomic E-state index is 12.4. The fourth-order valence-corrected chi connectivity index (χ4v) is 5.49. The summed E-state index contributed by atoms with van der Waals surface area (Å²) in [7, 11) is -6.21. The number of anilines is 1. The van der Waals surface area contributed by atoms with Crippen LogP contribution in [0.25, 0.3) is 0 Å². The molecule has 2 atom stereocenters. The van der Waals surface area contributed by atoms with Crippen molar-refractivity contribution in [2.45, 2.75) is 24.0 Å². The van der Waals surface area contributed by atoms with Gasteiger partial charge in [-0.15, -0.1) is 0 Å². The van der Waals surface area contributed by atoms with E-state index in [1.165, 1.54) is 32.2 Å². The number of hydrogen-bond donors (Lipinski definition) is 3. The Morgan fingerprint density at radius 3 is 2.50 bits per heavy atom. The number of nitrogens with one attached hydrogen (secondary N) is 2. The van der Waals surface area contributed by atoms with Gasteiger partial charge in [-0.2, -0.15) is 0 Å². The number of benzene rings is 1. The van der Waals surface area contributed by atoms with Gasteiger partial charge in [0.1, 0.15) is 5.75 Å². The Bertz CT molecular complexity index is 849. The summed E-state index contributed by atoms with van der Waals surface area (Å²) in [6.07, 6.45) is -1.31. The second-order valence-corrected chi connectivity index (χ2v) is 9.28. The van der Waals surface area contributed by atoms with E-state index in [9.17, 15) is 26.7 Å². The highest BCUT2D eigenvalue weighted by molar-refractivity contribution is 7.92. The van der Waals surface area contributed by atoms with Crippen LogP contribution >= 0.6 is 0 Å². The van der Waals surface area contributed by atoms with E-state index in [-0.39, 0.29) is 16.3 Å². The third kappa shape index (κ3) is 4.23. The second-order valence-electron chi connectivity index (χ2n) is 5.42. The number of aliphatic hydroxyl groups is 1. The molecule has 0 aliphatic carbocycles. The molecule has 0 saturated carbocycles. The molecular formula is C13H18N2O7S2. The molecule has 1 aromatic carbocycles. The Morgan fingerprint density at radius 1 is 1.33 bits per heavy atom. The maximum atomic E-state index is 12.4. The predicted molar refractivity (Wildman–Crippen MR) is 86.1 cm³/mol. The van der Waals surface area contributed by atoms with Gasteiger partial charge in [0.15, 0.2) is 9.84 Å². The molecule has 1 aromatic rings. The molecule has 1 saturated heterocycles. The number of sulfonamides is 1. The van der Waals surface area contributed by atoms with Gasteiger partial charge in [0.2, 0.25) is 15.9 Å². The lowest BCUT2D eigenvalue weighted by Gasteiger charge is -2.16. The fourth-order valence-electron chi connectivity index (χ4n) is 2.35. The SMILES string of the molecule is COc1ccc(S(=O)(=O)N[C@@H]2CS(=O)(=O)C[C@@H]2O)cc1NC(C)=O. The number of sulfone groups is 1. The number of aliphatic hydroxyl groups excluding tert-OH is 1. The fraction of sp³-hybridized carbons (Fsp3) is 0.462. The topological polar surface area (TPSA) is 139 Å². The molecule has 134 valence electrons. The van der Waals surface area contributed by atoms with Crippen LogP contribution in [0.5, 0.6) is 5.75 Å². The van der Waals surface area contributed by atoms with Crippen LogP contribution in [0.2, 0.25) is 0 Å². The first kappa shape index (κ1) is 18.6.